The van der Waals surface area contributed by atoms with Gasteiger partial charge in [0.1, 0.15) is 0 Å². The minimum Gasteiger partial charge on any atom is -0.481 e. The van der Waals surface area contributed by atoms with Crippen LogP contribution in [0, 0.1) is 6.92 Å². The lowest BCUT2D eigenvalue weighted by molar-refractivity contribution is -0.137. The first-order valence-electron chi connectivity index (χ1n) is 4.84. The van der Waals surface area contributed by atoms with Crippen LogP contribution in [0.5, 0.6) is 0 Å². The summed E-state index contributed by atoms with van der Waals surface area (Å²) >= 11 is 6.06. The van der Waals surface area contributed by atoms with Crippen molar-refractivity contribution >= 4 is 23.3 Å². The first-order valence-corrected chi connectivity index (χ1v) is 5.22. The molecule has 0 spiro atoms. The number of nitrogens with one attached hydrogen (secondary N) is 1. The molecular weight excluding hydrogens is 214 g/mol. The maximum Gasteiger partial charge on any atom is 0.305 e. The molecule has 1 aromatic carbocycles. The lowest BCUT2D eigenvalue weighted by atomic mass is 10.1. The molecule has 3 nitrogen and oxygen atoms in total. The van der Waals surface area contributed by atoms with E-state index in [1.807, 2.05) is 19.1 Å². The summed E-state index contributed by atoms with van der Waals surface area (Å²) in [4.78, 5) is 10.6. The van der Waals surface area contributed by atoms with Gasteiger partial charge in [-0.25, -0.2) is 0 Å². The number of benzene rings is 1. The van der Waals surface area contributed by atoms with Gasteiger partial charge in [-0.05, 0) is 30.5 Å². The number of carboxylic acid groups (broad SMARTS) is 1. The zero-order chi connectivity index (χ0) is 11.0. The fourth-order valence-corrected chi connectivity index (χ4v) is 2.21. The van der Waals surface area contributed by atoms with Crippen LogP contribution < -0.4 is 5.32 Å². The van der Waals surface area contributed by atoms with Crippen molar-refractivity contribution in [3.63, 3.8) is 0 Å². The van der Waals surface area contributed by atoms with E-state index in [1.165, 1.54) is 0 Å². The second kappa shape index (κ2) is 3.74. The molecule has 0 saturated carbocycles. The van der Waals surface area contributed by atoms with Crippen molar-refractivity contribution in [3.8, 4) is 0 Å². The van der Waals surface area contributed by atoms with Gasteiger partial charge >= 0.3 is 5.97 Å². The molecule has 0 aliphatic carbocycles. The number of aliphatic carboxylic acids is 1. The molecule has 1 aliphatic heterocycles. The summed E-state index contributed by atoms with van der Waals surface area (Å²) in [6.45, 7) is 1.99. The maximum atomic E-state index is 10.6. The van der Waals surface area contributed by atoms with Crippen LogP contribution in [0.2, 0.25) is 5.02 Å². The predicted octanol–water partition coefficient (Wildman–Crippen LogP) is 2.46. The molecule has 0 radical (unpaired) electrons. The summed E-state index contributed by atoms with van der Waals surface area (Å²) in [5.41, 5.74) is 3.17. The Labute approximate surface area is 93.1 Å². The van der Waals surface area contributed by atoms with E-state index in [4.69, 9.17) is 16.7 Å². The first kappa shape index (κ1) is 10.3. The third kappa shape index (κ3) is 1.92. The number of hydrogen-bond acceptors (Lipinski definition) is 2. The zero-order valence-electron chi connectivity index (χ0n) is 8.38. The quantitative estimate of drug-likeness (QED) is 0.813. The molecule has 0 fully saturated rings. The topological polar surface area (TPSA) is 49.3 Å². The van der Waals surface area contributed by atoms with Crippen molar-refractivity contribution in [1.82, 2.24) is 0 Å². The van der Waals surface area contributed by atoms with Gasteiger partial charge in [0.2, 0.25) is 0 Å². The Morgan fingerprint density at radius 3 is 3.00 bits per heavy atom. The summed E-state index contributed by atoms with van der Waals surface area (Å²) in [5.74, 6) is -0.783. The minimum atomic E-state index is -0.783. The van der Waals surface area contributed by atoms with Gasteiger partial charge in [0.15, 0.2) is 0 Å². The monoisotopic (exact) mass is 225 g/mol. The molecule has 1 heterocycles. The lowest BCUT2D eigenvalue weighted by Gasteiger charge is -2.08. The van der Waals surface area contributed by atoms with Gasteiger partial charge in [-0.2, -0.15) is 0 Å². The number of carbonyl (C=O) groups is 1. The average Bonchev–Trinajstić information content (AvgIpc) is 2.55. The number of halogens is 1. The van der Waals surface area contributed by atoms with Crippen LogP contribution >= 0.6 is 11.6 Å². The first-order chi connectivity index (χ1) is 7.08. The van der Waals surface area contributed by atoms with Gasteiger partial charge in [0.25, 0.3) is 0 Å². The standard InChI is InChI=1S/C11H12ClNO2/c1-6-2-3-9(12)8-4-7(5-10(14)15)13-11(6)8/h2-3,7,13H,4-5H2,1H3,(H,14,15). The van der Waals surface area contributed by atoms with Crippen LogP contribution in [-0.2, 0) is 11.2 Å². The number of rotatable bonds is 2. The molecule has 0 aromatic heterocycles. The van der Waals surface area contributed by atoms with Crippen LogP contribution in [0.15, 0.2) is 12.1 Å². The molecule has 0 amide bonds. The Morgan fingerprint density at radius 2 is 2.40 bits per heavy atom. The van der Waals surface area contributed by atoms with E-state index in [2.05, 4.69) is 5.32 Å². The molecule has 0 bridgehead atoms. The Morgan fingerprint density at radius 1 is 1.67 bits per heavy atom. The highest BCUT2D eigenvalue weighted by Gasteiger charge is 2.25. The molecule has 1 aliphatic rings. The van der Waals surface area contributed by atoms with Crippen LogP contribution in [0.1, 0.15) is 17.5 Å². The SMILES string of the molecule is Cc1ccc(Cl)c2c1NC(CC(=O)O)C2. The fraction of sp³-hybridized carbons (Fsp3) is 0.364. The van der Waals surface area contributed by atoms with Gasteiger partial charge in [0.05, 0.1) is 6.42 Å². The summed E-state index contributed by atoms with van der Waals surface area (Å²) in [7, 11) is 0. The highest BCUT2D eigenvalue weighted by Crippen LogP contribution is 2.35. The summed E-state index contributed by atoms with van der Waals surface area (Å²) in [5, 5.41) is 12.6. The molecule has 2 rings (SSSR count). The summed E-state index contributed by atoms with van der Waals surface area (Å²) in [6, 6.07) is 3.77. The van der Waals surface area contributed by atoms with E-state index in [1.54, 1.807) is 0 Å². The highest BCUT2D eigenvalue weighted by molar-refractivity contribution is 6.31. The van der Waals surface area contributed by atoms with E-state index < -0.39 is 5.97 Å². The van der Waals surface area contributed by atoms with Crippen LogP contribution in [0.25, 0.3) is 0 Å². The smallest absolute Gasteiger partial charge is 0.305 e. The fourth-order valence-electron chi connectivity index (χ4n) is 1.98. The molecular formula is C11H12ClNO2. The van der Waals surface area contributed by atoms with Gasteiger partial charge in [0, 0.05) is 16.8 Å². The largest absolute Gasteiger partial charge is 0.481 e. The van der Waals surface area contributed by atoms with E-state index in [9.17, 15) is 4.79 Å². The van der Waals surface area contributed by atoms with Crippen molar-refractivity contribution in [3.05, 3.63) is 28.3 Å². The molecule has 1 unspecified atom stereocenters. The number of aryl methyl sites for hydroxylation is 1. The second-order valence-electron chi connectivity index (χ2n) is 3.86. The van der Waals surface area contributed by atoms with Crippen molar-refractivity contribution in [2.45, 2.75) is 25.8 Å². The molecule has 1 aromatic rings. The Bertz CT molecular complexity index is 386. The molecule has 4 heteroatoms. The lowest BCUT2D eigenvalue weighted by Crippen LogP contribution is -2.19. The number of carboxylic acids is 1. The van der Waals surface area contributed by atoms with Gasteiger partial charge in [-0.3, -0.25) is 4.79 Å². The molecule has 80 valence electrons. The molecule has 2 N–H and O–H groups in total. The van der Waals surface area contributed by atoms with E-state index in [0.717, 1.165) is 21.8 Å². The van der Waals surface area contributed by atoms with Gasteiger partial charge in [-0.15, -0.1) is 0 Å². The van der Waals surface area contributed by atoms with Crippen molar-refractivity contribution in [2.24, 2.45) is 0 Å². The summed E-state index contributed by atoms with van der Waals surface area (Å²) in [6.07, 6.45) is 0.826. The van der Waals surface area contributed by atoms with Crippen LogP contribution in [0.3, 0.4) is 0 Å². The minimum absolute atomic E-state index is 0.0314. The maximum absolute atomic E-state index is 10.6. The Kier molecular flexibility index (Phi) is 2.57. The zero-order valence-corrected chi connectivity index (χ0v) is 9.14. The van der Waals surface area contributed by atoms with Crippen molar-refractivity contribution in [1.29, 1.82) is 0 Å². The van der Waals surface area contributed by atoms with Gasteiger partial charge < -0.3 is 10.4 Å². The Balaban J connectivity index is 2.26. The predicted molar refractivity (Wildman–Crippen MR) is 59.6 cm³/mol. The molecule has 1 atom stereocenters. The van der Waals surface area contributed by atoms with E-state index >= 15 is 0 Å². The van der Waals surface area contributed by atoms with Crippen LogP contribution in [-0.4, -0.2) is 17.1 Å². The average molecular weight is 226 g/mol. The third-order valence-electron chi connectivity index (χ3n) is 2.68. The second-order valence-corrected chi connectivity index (χ2v) is 4.27. The van der Waals surface area contributed by atoms with Gasteiger partial charge in [-0.1, -0.05) is 17.7 Å². The molecule has 15 heavy (non-hydrogen) atoms. The third-order valence-corrected chi connectivity index (χ3v) is 3.04. The van der Waals surface area contributed by atoms with Crippen molar-refractivity contribution in [2.75, 3.05) is 5.32 Å². The normalized spacial score (nSPS) is 18.4. The van der Waals surface area contributed by atoms with E-state index in [-0.39, 0.29) is 12.5 Å². The molecule has 0 saturated heterocycles. The van der Waals surface area contributed by atoms with Crippen molar-refractivity contribution < 1.29 is 9.90 Å². The number of fused-ring (bicyclic) bond motifs is 1. The Hall–Kier alpha value is -1.22. The van der Waals surface area contributed by atoms with Crippen LogP contribution in [0.4, 0.5) is 5.69 Å². The van der Waals surface area contributed by atoms with E-state index in [0.29, 0.717) is 6.42 Å². The number of hydrogen-bond donors (Lipinski definition) is 2. The highest BCUT2D eigenvalue weighted by atomic mass is 35.5. The number of anilines is 1. The summed E-state index contributed by atoms with van der Waals surface area (Å²) < 4.78 is 0.